The number of nitrogen functional groups attached to an aromatic ring is 1. The van der Waals surface area contributed by atoms with Crippen molar-refractivity contribution in [3.8, 4) is 5.75 Å². The van der Waals surface area contributed by atoms with Gasteiger partial charge in [-0.05, 0) is 37.8 Å². The molecular weight excluding hydrogens is 248 g/mol. The number of Topliss-reactive ketones (excluding diaryl/α,β-unsaturated/α-hetero) is 1. The third kappa shape index (κ3) is 4.25. The van der Waals surface area contributed by atoms with E-state index in [1.807, 2.05) is 6.92 Å². The number of allylic oxidation sites excluding steroid dienone is 3. The molecule has 96 valence electrons. The van der Waals surface area contributed by atoms with Gasteiger partial charge in [0.25, 0.3) is 0 Å². The van der Waals surface area contributed by atoms with E-state index in [4.69, 9.17) is 10.5 Å². The van der Waals surface area contributed by atoms with E-state index in [-0.39, 0.29) is 5.78 Å². The van der Waals surface area contributed by atoms with E-state index in [9.17, 15) is 4.79 Å². The fraction of sp³-hybridized carbons (Fsp3) is 0.231. The van der Waals surface area contributed by atoms with Crippen LogP contribution in [0.15, 0.2) is 40.5 Å². The molecule has 4 nitrogen and oxygen atoms in total. The highest BCUT2D eigenvalue weighted by Crippen LogP contribution is 2.28. The normalized spacial score (nSPS) is 11.7. The molecule has 0 spiro atoms. The van der Waals surface area contributed by atoms with Crippen molar-refractivity contribution >= 4 is 23.4 Å². The van der Waals surface area contributed by atoms with Crippen LogP contribution >= 0.6 is 11.8 Å². The Morgan fingerprint density at radius 3 is 2.50 bits per heavy atom. The molecule has 1 aromatic rings. The van der Waals surface area contributed by atoms with Crippen molar-refractivity contribution in [1.82, 2.24) is 4.98 Å². The van der Waals surface area contributed by atoms with Gasteiger partial charge in [0.1, 0.15) is 17.3 Å². The second kappa shape index (κ2) is 6.26. The van der Waals surface area contributed by atoms with Crippen LogP contribution in [-0.2, 0) is 4.79 Å². The van der Waals surface area contributed by atoms with Gasteiger partial charge >= 0.3 is 0 Å². The second-order valence-corrected chi connectivity index (χ2v) is 5.08. The molecule has 0 bridgehead atoms. The fourth-order valence-corrected chi connectivity index (χ4v) is 1.92. The van der Waals surface area contributed by atoms with Crippen LogP contribution in [0.4, 0.5) is 5.82 Å². The largest absolute Gasteiger partial charge is 0.459 e. The number of hydrogen-bond donors (Lipinski definition) is 1. The number of thioether (sulfide) groups is 1. The lowest BCUT2D eigenvalue weighted by Gasteiger charge is -2.10. The number of aromatic nitrogens is 1. The summed E-state index contributed by atoms with van der Waals surface area (Å²) in [6.45, 7) is 8.85. The average Bonchev–Trinajstić information content (AvgIpc) is 2.28. The molecule has 0 atom stereocenters. The van der Waals surface area contributed by atoms with Crippen molar-refractivity contribution in [3.05, 3.63) is 40.5 Å². The molecule has 18 heavy (non-hydrogen) atoms. The summed E-state index contributed by atoms with van der Waals surface area (Å²) in [7, 11) is 0. The molecule has 0 amide bonds. The minimum absolute atomic E-state index is 0.0519. The maximum Gasteiger partial charge on any atom is 0.169 e. The summed E-state index contributed by atoms with van der Waals surface area (Å²) in [5.74, 6) is 1.45. The van der Waals surface area contributed by atoms with E-state index in [1.165, 1.54) is 24.9 Å². The van der Waals surface area contributed by atoms with Gasteiger partial charge in [-0.1, -0.05) is 18.3 Å². The molecule has 0 unspecified atom stereocenters. The topological polar surface area (TPSA) is 65.2 Å². The van der Waals surface area contributed by atoms with Gasteiger partial charge in [0.05, 0.1) is 11.1 Å². The molecule has 0 saturated carbocycles. The number of rotatable bonds is 5. The molecule has 0 aromatic carbocycles. The molecule has 5 heteroatoms. The van der Waals surface area contributed by atoms with Gasteiger partial charge in [-0.2, -0.15) is 0 Å². The highest BCUT2D eigenvalue weighted by molar-refractivity contribution is 8.07. The number of ether oxygens (including phenoxy) is 1. The lowest BCUT2D eigenvalue weighted by molar-refractivity contribution is -0.113. The maximum atomic E-state index is 11.5. The molecule has 2 N–H and O–H groups in total. The van der Waals surface area contributed by atoms with Crippen molar-refractivity contribution in [2.45, 2.75) is 20.8 Å². The van der Waals surface area contributed by atoms with Crippen molar-refractivity contribution in [2.24, 2.45) is 0 Å². The molecule has 0 aliphatic rings. The molecule has 0 aliphatic heterocycles. The maximum absolute atomic E-state index is 11.5. The van der Waals surface area contributed by atoms with Crippen LogP contribution in [-0.4, -0.2) is 10.8 Å². The van der Waals surface area contributed by atoms with E-state index in [2.05, 4.69) is 11.6 Å². The van der Waals surface area contributed by atoms with Gasteiger partial charge in [-0.25, -0.2) is 4.98 Å². The Labute approximate surface area is 111 Å². The zero-order valence-electron chi connectivity index (χ0n) is 10.7. The predicted octanol–water partition coefficient (Wildman–Crippen LogP) is 3.13. The fourth-order valence-electron chi connectivity index (χ4n) is 1.24. The van der Waals surface area contributed by atoms with Gasteiger partial charge in [-0.3, -0.25) is 4.79 Å². The average molecular weight is 264 g/mol. The molecule has 1 heterocycles. The number of nitrogens with zero attached hydrogens (tertiary/aromatic N) is 1. The van der Waals surface area contributed by atoms with Crippen LogP contribution in [0.1, 0.15) is 20.8 Å². The molecular formula is C13H16N2O2S. The number of carbonyl (C=O) groups excluding carboxylic acids is 1. The van der Waals surface area contributed by atoms with Gasteiger partial charge in [0, 0.05) is 0 Å². The van der Waals surface area contributed by atoms with E-state index in [0.29, 0.717) is 22.2 Å². The van der Waals surface area contributed by atoms with Crippen LogP contribution in [0.5, 0.6) is 5.75 Å². The number of carbonyl (C=O) groups is 1. The first-order valence-corrected chi connectivity index (χ1v) is 6.16. The molecule has 1 rings (SSSR count). The highest BCUT2D eigenvalue weighted by atomic mass is 32.2. The van der Waals surface area contributed by atoms with Gasteiger partial charge < -0.3 is 10.5 Å². The monoisotopic (exact) mass is 264 g/mol. The summed E-state index contributed by atoms with van der Waals surface area (Å²) in [6.07, 6.45) is 1.52. The van der Waals surface area contributed by atoms with Crippen LogP contribution in [0.2, 0.25) is 0 Å². The Bertz CT molecular complexity index is 492. The summed E-state index contributed by atoms with van der Waals surface area (Å²) in [4.78, 5) is 16.8. The summed E-state index contributed by atoms with van der Waals surface area (Å²) >= 11 is 1.30. The lowest BCUT2D eigenvalue weighted by atomic mass is 10.3. The Morgan fingerprint density at radius 2 is 2.06 bits per heavy atom. The molecule has 0 fully saturated rings. The predicted molar refractivity (Wildman–Crippen MR) is 75.1 cm³/mol. The quantitative estimate of drug-likeness (QED) is 0.653. The standard InChI is InChI=1S/C13H16N2O2S/c1-8(2)18-13(9(3)16)10(4)17-11-5-6-12(14)15-7-11/h5-7H,1H2,2-4H3,(H2,14,15)/b13-10+. The minimum atomic E-state index is -0.0519. The third-order valence-electron chi connectivity index (χ3n) is 1.95. The lowest BCUT2D eigenvalue weighted by Crippen LogP contribution is -2.02. The van der Waals surface area contributed by atoms with Crippen LogP contribution in [0.3, 0.4) is 0 Å². The van der Waals surface area contributed by atoms with Crippen molar-refractivity contribution in [3.63, 3.8) is 0 Å². The summed E-state index contributed by atoms with van der Waals surface area (Å²) in [6, 6.07) is 3.34. The number of pyridine rings is 1. The van der Waals surface area contributed by atoms with E-state index in [0.717, 1.165) is 4.91 Å². The van der Waals surface area contributed by atoms with Gasteiger partial charge in [0.15, 0.2) is 5.78 Å². The van der Waals surface area contributed by atoms with Gasteiger partial charge in [-0.15, -0.1) is 0 Å². The zero-order chi connectivity index (χ0) is 13.7. The van der Waals surface area contributed by atoms with Crippen molar-refractivity contribution < 1.29 is 9.53 Å². The molecule has 0 saturated heterocycles. The third-order valence-corrected chi connectivity index (χ3v) is 3.07. The van der Waals surface area contributed by atoms with E-state index < -0.39 is 0 Å². The molecule has 0 radical (unpaired) electrons. The second-order valence-electron chi connectivity index (χ2n) is 3.77. The minimum Gasteiger partial charge on any atom is -0.459 e. The Kier molecular flexibility index (Phi) is 4.97. The Hall–Kier alpha value is -1.75. The van der Waals surface area contributed by atoms with E-state index in [1.54, 1.807) is 19.1 Å². The number of nitrogens with two attached hydrogens (primary N) is 1. The van der Waals surface area contributed by atoms with Gasteiger partial charge in [0.2, 0.25) is 0 Å². The Morgan fingerprint density at radius 1 is 1.39 bits per heavy atom. The smallest absolute Gasteiger partial charge is 0.169 e. The SMILES string of the molecule is C=C(C)S/C(C(C)=O)=C(\C)Oc1ccc(N)nc1. The van der Waals surface area contributed by atoms with Crippen LogP contribution in [0, 0.1) is 0 Å². The first-order valence-electron chi connectivity index (χ1n) is 5.34. The number of ketones is 1. The molecule has 1 aromatic heterocycles. The zero-order valence-corrected chi connectivity index (χ0v) is 11.5. The van der Waals surface area contributed by atoms with Crippen LogP contribution in [0.25, 0.3) is 0 Å². The summed E-state index contributed by atoms with van der Waals surface area (Å²) in [5.41, 5.74) is 5.48. The summed E-state index contributed by atoms with van der Waals surface area (Å²) < 4.78 is 5.57. The van der Waals surface area contributed by atoms with E-state index >= 15 is 0 Å². The van der Waals surface area contributed by atoms with Crippen molar-refractivity contribution in [2.75, 3.05) is 5.73 Å². The first-order chi connectivity index (χ1) is 8.40. The summed E-state index contributed by atoms with van der Waals surface area (Å²) in [5, 5.41) is 0. The first kappa shape index (κ1) is 14.3. The van der Waals surface area contributed by atoms with Crippen LogP contribution < -0.4 is 10.5 Å². The highest BCUT2D eigenvalue weighted by Gasteiger charge is 2.11. The van der Waals surface area contributed by atoms with Crippen molar-refractivity contribution in [1.29, 1.82) is 0 Å². The molecule has 0 aliphatic carbocycles. The number of hydrogen-bond acceptors (Lipinski definition) is 5. The Balaban J connectivity index is 2.94. The number of anilines is 1.